The zero-order valence-electron chi connectivity index (χ0n) is 21.8. The summed E-state index contributed by atoms with van der Waals surface area (Å²) in [4.78, 5) is 3.68. The van der Waals surface area contributed by atoms with Gasteiger partial charge in [0.25, 0.3) is 0 Å². The van der Waals surface area contributed by atoms with Crippen LogP contribution < -0.4 is 28.1 Å². The van der Waals surface area contributed by atoms with Gasteiger partial charge in [-0.3, -0.25) is 0 Å². The Balaban J connectivity index is 0.000000595. The van der Waals surface area contributed by atoms with Crippen molar-refractivity contribution in [1.29, 1.82) is 0 Å². The number of aryl methyl sites for hydroxylation is 1. The first kappa shape index (κ1) is 28.1. The first-order valence-corrected chi connectivity index (χ1v) is 15.5. The van der Waals surface area contributed by atoms with E-state index < -0.39 is 10.2 Å². The average molecular weight is 589 g/mol. The van der Waals surface area contributed by atoms with E-state index in [0.29, 0.717) is 0 Å². The van der Waals surface area contributed by atoms with Crippen molar-refractivity contribution in [3.8, 4) is 11.8 Å². The molecule has 0 amide bonds. The van der Waals surface area contributed by atoms with Gasteiger partial charge < -0.3 is 4.90 Å². The van der Waals surface area contributed by atoms with Gasteiger partial charge in [0.05, 0.1) is 21.7 Å². The minimum atomic E-state index is -4.94. The van der Waals surface area contributed by atoms with Crippen LogP contribution in [-0.2, 0) is 6.54 Å². The third-order valence-electron chi connectivity index (χ3n) is 6.40. The fraction of sp³-hybridized carbons (Fsp3) is 0.129. The number of anilines is 1. The van der Waals surface area contributed by atoms with Crippen molar-refractivity contribution < 1.29 is 33.4 Å². The Morgan fingerprint density at radius 2 is 1.52 bits per heavy atom. The maximum atomic E-state index is 8.49. The van der Waals surface area contributed by atoms with Crippen molar-refractivity contribution in [3.05, 3.63) is 107 Å². The molecule has 0 spiro atoms. The fourth-order valence-corrected chi connectivity index (χ4v) is 7.10. The summed E-state index contributed by atoms with van der Waals surface area (Å²) in [5, 5.41) is 4.86. The van der Waals surface area contributed by atoms with Crippen molar-refractivity contribution in [1.82, 2.24) is 0 Å². The van der Waals surface area contributed by atoms with Crippen molar-refractivity contribution in [2.45, 2.75) is 25.3 Å². The number of fused-ring (bicyclic) bond motifs is 4. The van der Waals surface area contributed by atoms with Crippen LogP contribution in [-0.4, -0.2) is 6.54 Å². The Labute approximate surface area is 243 Å². The minimum Gasteiger partial charge on any atom is -0.334 e. The summed E-state index contributed by atoms with van der Waals surface area (Å²) in [7, 11) is -4.94. The van der Waals surface area contributed by atoms with Crippen LogP contribution in [0.15, 0.2) is 101 Å². The lowest BCUT2D eigenvalue weighted by molar-refractivity contribution is -2.00. The van der Waals surface area contributed by atoms with Gasteiger partial charge in [-0.25, -0.2) is 18.6 Å². The van der Waals surface area contributed by atoms with Gasteiger partial charge in [-0.2, -0.15) is 4.57 Å². The number of halogens is 1. The largest absolute Gasteiger partial charge is 0.334 e. The van der Waals surface area contributed by atoms with Crippen LogP contribution in [0, 0.1) is 22.1 Å². The van der Waals surface area contributed by atoms with Crippen LogP contribution in [0.1, 0.15) is 24.4 Å². The molecular formula is C31H25ClN2O4S2. The number of aromatic nitrogens is 1. The molecule has 1 aliphatic rings. The van der Waals surface area contributed by atoms with Gasteiger partial charge in [0.1, 0.15) is 11.2 Å². The highest BCUT2D eigenvalue weighted by molar-refractivity contribution is 8.04. The number of allylic oxidation sites excluding steroid dienone is 1. The molecule has 0 N–H and O–H groups in total. The number of benzene rings is 4. The summed E-state index contributed by atoms with van der Waals surface area (Å²) >= 11 is 3.61. The molecule has 9 heteroatoms. The summed E-state index contributed by atoms with van der Waals surface area (Å²) in [6, 6.07) is 32.3. The van der Waals surface area contributed by atoms with Crippen LogP contribution in [0.4, 0.5) is 5.69 Å². The third-order valence-corrected chi connectivity index (χ3v) is 8.64. The molecule has 6 nitrogen and oxygen atoms in total. The maximum absolute atomic E-state index is 8.49. The van der Waals surface area contributed by atoms with E-state index in [-0.39, 0.29) is 0 Å². The molecule has 2 heterocycles. The molecule has 0 saturated heterocycles. The second kappa shape index (κ2) is 12.0. The smallest absolute Gasteiger partial charge is 0.315 e. The van der Waals surface area contributed by atoms with Crippen LogP contribution in [0.25, 0.3) is 26.6 Å². The summed E-state index contributed by atoms with van der Waals surface area (Å²) < 4.78 is 37.6. The Kier molecular flexibility index (Phi) is 8.45. The summed E-state index contributed by atoms with van der Waals surface area (Å²) in [6.45, 7) is 6.20. The molecule has 0 radical (unpaired) electrons. The van der Waals surface area contributed by atoms with E-state index in [1.54, 1.807) is 11.3 Å². The zero-order valence-corrected chi connectivity index (χ0v) is 24.2. The van der Waals surface area contributed by atoms with Gasteiger partial charge in [-0.1, -0.05) is 95.7 Å². The van der Waals surface area contributed by atoms with E-state index in [1.165, 1.54) is 36.6 Å². The third kappa shape index (κ3) is 6.02. The quantitative estimate of drug-likeness (QED) is 0.237. The van der Waals surface area contributed by atoms with Gasteiger partial charge >= 0.3 is 5.01 Å². The lowest BCUT2D eigenvalue weighted by atomic mass is 10.1. The fourth-order valence-electron chi connectivity index (χ4n) is 4.76. The minimum absolute atomic E-state index is 0.885. The number of thioether (sulfide) groups is 1. The number of rotatable bonds is 3. The van der Waals surface area contributed by atoms with Gasteiger partial charge in [-0.15, -0.1) is 10.2 Å². The normalized spacial score (nSPS) is 13.9. The molecule has 0 bridgehead atoms. The average Bonchev–Trinajstić information content (AvgIpc) is 3.50. The molecule has 6 rings (SSSR count). The van der Waals surface area contributed by atoms with Gasteiger partial charge in [0.15, 0.2) is 0 Å². The van der Waals surface area contributed by atoms with Crippen molar-refractivity contribution in [2.75, 3.05) is 11.4 Å². The topological polar surface area (TPSA) is 99.4 Å². The summed E-state index contributed by atoms with van der Waals surface area (Å²) in [6.07, 6.45) is 0. The van der Waals surface area contributed by atoms with Crippen LogP contribution in [0.3, 0.4) is 0 Å². The first-order chi connectivity index (χ1) is 19.3. The predicted molar refractivity (Wildman–Crippen MR) is 151 cm³/mol. The lowest BCUT2D eigenvalue weighted by Crippen LogP contribution is -2.68. The molecule has 4 aromatic carbocycles. The highest BCUT2D eigenvalue weighted by atomic mass is 35.7. The van der Waals surface area contributed by atoms with E-state index in [1.807, 2.05) is 11.8 Å². The first-order valence-electron chi connectivity index (χ1n) is 12.6. The van der Waals surface area contributed by atoms with E-state index in [0.717, 1.165) is 29.2 Å². The molecule has 202 valence electrons. The van der Waals surface area contributed by atoms with Crippen LogP contribution in [0.5, 0.6) is 0 Å². The maximum Gasteiger partial charge on any atom is 0.315 e. The highest BCUT2D eigenvalue weighted by Gasteiger charge is 2.27. The number of hydrogen-bond donors (Lipinski definition) is 0. The van der Waals surface area contributed by atoms with Gasteiger partial charge in [-0.05, 0) is 49.1 Å². The van der Waals surface area contributed by atoms with Crippen LogP contribution in [0.2, 0.25) is 0 Å². The molecule has 1 aromatic heterocycles. The number of thiazole rings is 1. The van der Waals surface area contributed by atoms with Crippen LogP contribution >= 0.6 is 23.1 Å². The molecule has 5 aromatic rings. The summed E-state index contributed by atoms with van der Waals surface area (Å²) in [5.41, 5.74) is 4.79. The number of nitrogens with zero attached hydrogens (tertiary/aromatic N) is 2. The predicted octanol–water partition coefficient (Wildman–Crippen LogP) is 2.96. The standard InChI is InChI=1S/C31H25N2S2.ClHO4/c1-3-32-26-16-10-11-17-27(26)35-31(32)25(22-12-6-5-7-13-22)19-21-29-33(4-2)30-24-15-9-8-14-23(24)18-20-28(30)34-29;2-1(3,4)5/h5-18,20H,3-4H2,1-2H3;(H,2,3,4,5)/q+1;/p-1. The molecule has 0 fully saturated rings. The Morgan fingerprint density at radius 1 is 0.850 bits per heavy atom. The molecule has 0 unspecified atom stereocenters. The van der Waals surface area contributed by atoms with E-state index in [9.17, 15) is 0 Å². The van der Waals surface area contributed by atoms with E-state index in [2.05, 4.69) is 126 Å². The molecule has 40 heavy (non-hydrogen) atoms. The van der Waals surface area contributed by atoms with Gasteiger partial charge in [0.2, 0.25) is 5.52 Å². The SMILES string of the molecule is CCN1C(=C(C#Cc2sc3ccc4ccccc4c3[n+]2CC)c2ccccc2)Sc2ccccc21.[O-][Cl+3]([O-])([O-])[O-]. The summed E-state index contributed by atoms with van der Waals surface area (Å²) in [5.74, 6) is 7.23. The zero-order chi connectivity index (χ0) is 28.3. The number of para-hydroxylation sites is 1. The van der Waals surface area contributed by atoms with Crippen molar-refractivity contribution >= 4 is 55.3 Å². The van der Waals surface area contributed by atoms with Crippen molar-refractivity contribution in [3.63, 3.8) is 0 Å². The van der Waals surface area contributed by atoms with E-state index >= 15 is 0 Å². The number of hydrogen-bond acceptors (Lipinski definition) is 7. The molecule has 1 aliphatic heterocycles. The van der Waals surface area contributed by atoms with E-state index in [4.69, 9.17) is 18.6 Å². The second-order valence-corrected chi connectivity index (χ2v) is 11.6. The highest BCUT2D eigenvalue weighted by Crippen LogP contribution is 2.48. The second-order valence-electron chi connectivity index (χ2n) is 8.77. The molecular weight excluding hydrogens is 564 g/mol. The Hall–Kier alpha value is -3.39. The molecule has 0 saturated carbocycles. The molecule has 0 atom stereocenters. The lowest BCUT2D eigenvalue weighted by Gasteiger charge is -2.20. The van der Waals surface area contributed by atoms with Crippen molar-refractivity contribution in [2.24, 2.45) is 0 Å². The Bertz CT molecular complexity index is 1760. The monoisotopic (exact) mass is 588 g/mol. The molecule has 0 aliphatic carbocycles. The van der Waals surface area contributed by atoms with Gasteiger partial charge in [0, 0.05) is 17.4 Å². The Morgan fingerprint density at radius 3 is 2.25 bits per heavy atom.